The van der Waals surface area contributed by atoms with Crippen LogP contribution in [0, 0.1) is 5.82 Å². The summed E-state index contributed by atoms with van der Waals surface area (Å²) in [4.78, 5) is 22.4. The Kier molecular flexibility index (Phi) is 4.50. The molecular weight excluding hydrogens is 403 g/mol. The van der Waals surface area contributed by atoms with Gasteiger partial charge in [-0.2, -0.15) is 4.98 Å². The SMILES string of the molecule is O=C1CCC(c2nc(-c3cccnc3)no2)N1Cc1ccc(Br)cc1F. The molecule has 1 aliphatic heterocycles. The van der Waals surface area contributed by atoms with Gasteiger partial charge in [-0.15, -0.1) is 0 Å². The van der Waals surface area contributed by atoms with E-state index in [4.69, 9.17) is 4.52 Å². The molecule has 1 atom stereocenters. The first-order valence-corrected chi connectivity index (χ1v) is 8.88. The Balaban J connectivity index is 1.59. The number of likely N-dealkylation sites (tertiary alicyclic amines) is 1. The fourth-order valence-electron chi connectivity index (χ4n) is 3.00. The largest absolute Gasteiger partial charge is 0.337 e. The first kappa shape index (κ1) is 16.8. The molecule has 3 heterocycles. The second-order valence-electron chi connectivity index (χ2n) is 6.01. The van der Waals surface area contributed by atoms with E-state index < -0.39 is 0 Å². The van der Waals surface area contributed by atoms with Crippen molar-refractivity contribution in [3.8, 4) is 11.4 Å². The summed E-state index contributed by atoms with van der Waals surface area (Å²) >= 11 is 3.24. The standard InChI is InChI=1S/C18H14BrFN4O2/c19-13-4-3-12(14(20)8-13)10-24-15(5-6-16(24)25)18-22-17(23-26-18)11-2-1-7-21-9-11/h1-4,7-9,15H,5-6,10H2. The normalized spacial score (nSPS) is 17.1. The highest BCUT2D eigenvalue weighted by Gasteiger charge is 2.36. The van der Waals surface area contributed by atoms with Gasteiger partial charge in [-0.1, -0.05) is 27.2 Å². The zero-order chi connectivity index (χ0) is 18.1. The van der Waals surface area contributed by atoms with E-state index in [1.807, 2.05) is 6.07 Å². The second kappa shape index (κ2) is 6.95. The molecule has 132 valence electrons. The number of halogens is 2. The van der Waals surface area contributed by atoms with Crippen LogP contribution < -0.4 is 0 Å². The lowest BCUT2D eigenvalue weighted by Crippen LogP contribution is -2.27. The van der Waals surface area contributed by atoms with E-state index in [9.17, 15) is 9.18 Å². The summed E-state index contributed by atoms with van der Waals surface area (Å²) in [6, 6.07) is 8.06. The summed E-state index contributed by atoms with van der Waals surface area (Å²) < 4.78 is 20.2. The van der Waals surface area contributed by atoms with Crippen molar-refractivity contribution >= 4 is 21.8 Å². The number of aromatic nitrogens is 3. The van der Waals surface area contributed by atoms with Gasteiger partial charge in [0.25, 0.3) is 0 Å². The number of carbonyl (C=O) groups excluding carboxylic acids is 1. The van der Waals surface area contributed by atoms with E-state index in [-0.39, 0.29) is 24.3 Å². The number of hydrogen-bond donors (Lipinski definition) is 0. The summed E-state index contributed by atoms with van der Waals surface area (Å²) in [5.74, 6) is 0.354. The van der Waals surface area contributed by atoms with Crippen molar-refractivity contribution in [3.05, 3.63) is 64.5 Å². The number of amides is 1. The summed E-state index contributed by atoms with van der Waals surface area (Å²) in [5, 5.41) is 3.98. The van der Waals surface area contributed by atoms with Gasteiger partial charge >= 0.3 is 0 Å². The number of hydrogen-bond acceptors (Lipinski definition) is 5. The highest BCUT2D eigenvalue weighted by atomic mass is 79.9. The van der Waals surface area contributed by atoms with Crippen molar-refractivity contribution in [3.63, 3.8) is 0 Å². The molecule has 1 unspecified atom stereocenters. The molecule has 1 amide bonds. The van der Waals surface area contributed by atoms with Gasteiger partial charge in [0.1, 0.15) is 11.9 Å². The maximum absolute atomic E-state index is 14.2. The van der Waals surface area contributed by atoms with Crippen LogP contribution in [0.5, 0.6) is 0 Å². The number of nitrogens with zero attached hydrogens (tertiary/aromatic N) is 4. The molecule has 0 bridgehead atoms. The third-order valence-corrected chi connectivity index (χ3v) is 4.82. The molecule has 3 aromatic rings. The van der Waals surface area contributed by atoms with E-state index in [0.717, 1.165) is 5.56 Å². The smallest absolute Gasteiger partial charge is 0.249 e. The zero-order valence-corrected chi connectivity index (χ0v) is 15.2. The third-order valence-electron chi connectivity index (χ3n) is 4.33. The monoisotopic (exact) mass is 416 g/mol. The van der Waals surface area contributed by atoms with Crippen LogP contribution in [0.3, 0.4) is 0 Å². The Morgan fingerprint density at radius 2 is 2.23 bits per heavy atom. The van der Waals surface area contributed by atoms with Crippen LogP contribution in [0.2, 0.25) is 0 Å². The lowest BCUT2D eigenvalue weighted by molar-refractivity contribution is -0.130. The highest BCUT2D eigenvalue weighted by molar-refractivity contribution is 9.10. The summed E-state index contributed by atoms with van der Waals surface area (Å²) in [6.45, 7) is 0.160. The Morgan fingerprint density at radius 3 is 3.00 bits per heavy atom. The molecule has 6 nitrogen and oxygen atoms in total. The van der Waals surface area contributed by atoms with Crippen LogP contribution in [-0.4, -0.2) is 25.9 Å². The number of pyridine rings is 1. The minimum Gasteiger partial charge on any atom is -0.337 e. The molecule has 1 aliphatic rings. The molecule has 0 spiro atoms. The third kappa shape index (κ3) is 3.24. The van der Waals surface area contributed by atoms with Gasteiger partial charge in [-0.3, -0.25) is 9.78 Å². The van der Waals surface area contributed by atoms with Crippen LogP contribution in [0.1, 0.15) is 30.3 Å². The summed E-state index contributed by atoms with van der Waals surface area (Å²) in [5.41, 5.74) is 1.18. The van der Waals surface area contributed by atoms with Crippen molar-refractivity contribution in [1.82, 2.24) is 20.0 Å². The fourth-order valence-corrected chi connectivity index (χ4v) is 3.34. The maximum atomic E-state index is 14.2. The predicted octanol–water partition coefficient (Wildman–Crippen LogP) is 3.90. The van der Waals surface area contributed by atoms with E-state index in [2.05, 4.69) is 31.1 Å². The van der Waals surface area contributed by atoms with Crippen molar-refractivity contribution in [2.24, 2.45) is 0 Å². The summed E-state index contributed by atoms with van der Waals surface area (Å²) in [7, 11) is 0. The second-order valence-corrected chi connectivity index (χ2v) is 6.93. The van der Waals surface area contributed by atoms with Gasteiger partial charge < -0.3 is 9.42 Å². The van der Waals surface area contributed by atoms with Crippen LogP contribution in [-0.2, 0) is 11.3 Å². The van der Waals surface area contributed by atoms with Gasteiger partial charge in [0, 0.05) is 41.0 Å². The molecule has 0 aliphatic carbocycles. The minimum atomic E-state index is -0.362. The van der Waals surface area contributed by atoms with Crippen LogP contribution in [0.15, 0.2) is 51.7 Å². The average Bonchev–Trinajstić information content (AvgIpc) is 3.26. The summed E-state index contributed by atoms with van der Waals surface area (Å²) in [6.07, 6.45) is 4.23. The topological polar surface area (TPSA) is 72.1 Å². The molecule has 8 heteroatoms. The Labute approximate surface area is 157 Å². The van der Waals surface area contributed by atoms with Crippen molar-refractivity contribution < 1.29 is 13.7 Å². The van der Waals surface area contributed by atoms with Crippen molar-refractivity contribution in [2.45, 2.75) is 25.4 Å². The van der Waals surface area contributed by atoms with E-state index in [0.29, 0.717) is 34.6 Å². The Bertz CT molecular complexity index is 947. The van der Waals surface area contributed by atoms with E-state index in [1.54, 1.807) is 35.5 Å². The molecule has 1 aromatic carbocycles. The molecule has 26 heavy (non-hydrogen) atoms. The molecule has 4 rings (SSSR count). The van der Waals surface area contributed by atoms with Gasteiger partial charge in [-0.25, -0.2) is 4.39 Å². The first-order chi connectivity index (χ1) is 12.6. The molecule has 0 saturated carbocycles. The van der Waals surface area contributed by atoms with Crippen LogP contribution in [0.25, 0.3) is 11.4 Å². The molecule has 2 aromatic heterocycles. The molecule has 1 saturated heterocycles. The lowest BCUT2D eigenvalue weighted by atomic mass is 10.1. The maximum Gasteiger partial charge on any atom is 0.249 e. The fraction of sp³-hybridized carbons (Fsp3) is 0.222. The van der Waals surface area contributed by atoms with E-state index >= 15 is 0 Å². The van der Waals surface area contributed by atoms with Crippen LogP contribution in [0.4, 0.5) is 4.39 Å². The number of benzene rings is 1. The number of rotatable bonds is 4. The van der Waals surface area contributed by atoms with E-state index in [1.165, 1.54) is 6.07 Å². The molecular formula is C18H14BrFN4O2. The highest BCUT2D eigenvalue weighted by Crippen LogP contribution is 2.34. The van der Waals surface area contributed by atoms with Crippen molar-refractivity contribution in [2.75, 3.05) is 0 Å². The first-order valence-electron chi connectivity index (χ1n) is 8.09. The van der Waals surface area contributed by atoms with Gasteiger partial charge in [0.05, 0.1) is 0 Å². The van der Waals surface area contributed by atoms with Crippen LogP contribution >= 0.6 is 15.9 Å². The Hall–Kier alpha value is -2.61. The van der Waals surface area contributed by atoms with Crippen molar-refractivity contribution in [1.29, 1.82) is 0 Å². The quantitative estimate of drug-likeness (QED) is 0.644. The lowest BCUT2D eigenvalue weighted by Gasteiger charge is -2.22. The predicted molar refractivity (Wildman–Crippen MR) is 94.2 cm³/mol. The van der Waals surface area contributed by atoms with Gasteiger partial charge in [0.2, 0.25) is 17.6 Å². The van der Waals surface area contributed by atoms with Gasteiger partial charge in [-0.05, 0) is 30.7 Å². The average molecular weight is 417 g/mol. The number of carbonyl (C=O) groups is 1. The van der Waals surface area contributed by atoms with Gasteiger partial charge in [0.15, 0.2) is 0 Å². The molecule has 0 radical (unpaired) electrons. The Morgan fingerprint density at radius 1 is 1.35 bits per heavy atom. The molecule has 1 fully saturated rings. The molecule has 0 N–H and O–H groups in total. The minimum absolute atomic E-state index is 0.0570. The zero-order valence-electron chi connectivity index (χ0n) is 13.6.